The Labute approximate surface area is 111 Å². The minimum absolute atomic E-state index is 0.337. The van der Waals surface area contributed by atoms with Gasteiger partial charge in [0.15, 0.2) is 0 Å². The summed E-state index contributed by atoms with van der Waals surface area (Å²) in [5.41, 5.74) is 0.425. The van der Waals surface area contributed by atoms with Crippen LogP contribution in [-0.4, -0.2) is 33.3 Å². The fourth-order valence-corrected chi connectivity index (χ4v) is 3.50. The normalized spacial score (nSPS) is 24.6. The summed E-state index contributed by atoms with van der Waals surface area (Å²) in [7, 11) is 0. The number of ether oxygens (including phenoxy) is 1. The van der Waals surface area contributed by atoms with Crippen molar-refractivity contribution in [3.8, 4) is 0 Å². The number of rotatable bonds is 3. The molecule has 1 aliphatic rings. The molecule has 94 valence electrons. The molecule has 0 aliphatic heterocycles. The van der Waals surface area contributed by atoms with Gasteiger partial charge in [0.2, 0.25) is 0 Å². The molecule has 1 aromatic carbocycles. The number of hydrogen-bond acceptors (Lipinski definition) is 1. The third-order valence-electron chi connectivity index (χ3n) is 3.21. The molecule has 0 unspecified atom stereocenters. The van der Waals surface area contributed by atoms with Crippen LogP contribution in [0.3, 0.4) is 0 Å². The molecule has 0 N–H and O–H groups in total. The first-order chi connectivity index (χ1) is 8.00. The number of hydrogen-bond donors (Lipinski definition) is 0. The maximum absolute atomic E-state index is 12.4. The van der Waals surface area contributed by atoms with E-state index in [1.165, 1.54) is 12.1 Å². The van der Waals surface area contributed by atoms with Crippen LogP contribution in [0, 0.1) is 0 Å². The van der Waals surface area contributed by atoms with E-state index < -0.39 is 11.7 Å². The Kier molecular flexibility index (Phi) is 4.02. The zero-order chi connectivity index (χ0) is 12.5. The van der Waals surface area contributed by atoms with E-state index in [4.69, 9.17) is 4.74 Å². The van der Waals surface area contributed by atoms with Crippen LogP contribution in [-0.2, 0) is 10.9 Å². The summed E-state index contributed by atoms with van der Waals surface area (Å²) < 4.78 is 43.5. The van der Waals surface area contributed by atoms with Crippen molar-refractivity contribution in [2.45, 2.75) is 31.0 Å². The molecule has 0 atom stereocenters. The van der Waals surface area contributed by atoms with Crippen LogP contribution in [0.1, 0.15) is 29.9 Å². The molecule has 0 amide bonds. The second kappa shape index (κ2) is 5.18. The summed E-state index contributed by atoms with van der Waals surface area (Å²) in [6, 6.07) is 5.52. The third kappa shape index (κ3) is 3.16. The molecule has 1 fully saturated rings. The van der Waals surface area contributed by atoms with Crippen molar-refractivity contribution < 1.29 is 17.9 Å². The van der Waals surface area contributed by atoms with Crippen molar-refractivity contribution in [3.63, 3.8) is 0 Å². The van der Waals surface area contributed by atoms with Gasteiger partial charge >= 0.3 is 111 Å². The molecule has 1 aliphatic carbocycles. The summed E-state index contributed by atoms with van der Waals surface area (Å²) in [5.74, 6) is 0.379. The number of alkyl halides is 3. The van der Waals surface area contributed by atoms with Gasteiger partial charge < -0.3 is 0 Å². The predicted octanol–water partition coefficient (Wildman–Crippen LogP) is 2.29. The van der Waals surface area contributed by atoms with Crippen LogP contribution < -0.4 is 0 Å². The summed E-state index contributed by atoms with van der Waals surface area (Å²) in [4.78, 5) is 0. The Balaban J connectivity index is 1.96. The fourth-order valence-electron chi connectivity index (χ4n) is 2.15. The van der Waals surface area contributed by atoms with Crippen molar-refractivity contribution in [1.29, 1.82) is 0 Å². The standard InChI is InChI=1S/C12H12F3O.Sn.3H/c1-16-11-6-9(7-11)8-2-4-10(5-3-8)12(13,14)15;;;;/h2-5,9,11H,1,6-7H2;;;;/t9-,11+;;;;. The van der Waals surface area contributed by atoms with Gasteiger partial charge in [-0.3, -0.25) is 0 Å². The average Bonchev–Trinajstić information content (AvgIpc) is 2.22. The SMILES string of the molecule is FC(F)(F)c1ccc([C@H]2C[C@@H](O[CH2][SnH3])C2)cc1. The minimum atomic E-state index is -4.24. The van der Waals surface area contributed by atoms with Crippen molar-refractivity contribution in [1.82, 2.24) is 0 Å². The second-order valence-corrected chi connectivity index (χ2v) is 6.01. The van der Waals surface area contributed by atoms with E-state index in [0.717, 1.165) is 23.0 Å². The van der Waals surface area contributed by atoms with Crippen molar-refractivity contribution in [2.75, 3.05) is 4.62 Å². The van der Waals surface area contributed by atoms with Crippen LogP contribution in [0.25, 0.3) is 0 Å². The molecule has 1 saturated carbocycles. The summed E-state index contributed by atoms with van der Waals surface area (Å²) >= 11 is 0.567. The number of halogens is 3. The van der Waals surface area contributed by atoms with Gasteiger partial charge in [-0.2, -0.15) is 0 Å². The molecule has 5 heteroatoms. The zero-order valence-electron chi connectivity index (χ0n) is 9.63. The number of benzene rings is 1. The van der Waals surface area contributed by atoms with E-state index >= 15 is 0 Å². The fraction of sp³-hybridized carbons (Fsp3) is 0.500. The van der Waals surface area contributed by atoms with Gasteiger partial charge in [0, 0.05) is 0 Å². The molecular weight excluding hydrogens is 336 g/mol. The van der Waals surface area contributed by atoms with Crippen LogP contribution in [0.5, 0.6) is 0 Å². The molecule has 1 nitrogen and oxygen atoms in total. The molecule has 0 heterocycles. The van der Waals surface area contributed by atoms with E-state index in [9.17, 15) is 13.2 Å². The molecule has 0 spiro atoms. The Morgan fingerprint density at radius 1 is 1.18 bits per heavy atom. The summed E-state index contributed by atoms with van der Waals surface area (Å²) in [5, 5.41) is 0. The molecular formula is C12H15F3OSn. The topological polar surface area (TPSA) is 9.23 Å². The third-order valence-corrected chi connectivity index (χ3v) is 4.16. The van der Waals surface area contributed by atoms with E-state index in [1.54, 1.807) is 12.1 Å². The molecule has 17 heavy (non-hydrogen) atoms. The molecule has 0 saturated heterocycles. The van der Waals surface area contributed by atoms with Gasteiger partial charge in [-0.15, -0.1) is 0 Å². The van der Waals surface area contributed by atoms with Crippen molar-refractivity contribution >= 4 is 22.5 Å². The quantitative estimate of drug-likeness (QED) is 0.760. The zero-order valence-corrected chi connectivity index (χ0v) is 15.3. The Hall–Kier alpha value is -0.231. The van der Waals surface area contributed by atoms with E-state index in [-0.39, 0.29) is 0 Å². The van der Waals surface area contributed by atoms with Gasteiger partial charge in [0.05, 0.1) is 0 Å². The molecule has 2 rings (SSSR count). The average molecular weight is 351 g/mol. The van der Waals surface area contributed by atoms with E-state index in [1.807, 2.05) is 0 Å². The monoisotopic (exact) mass is 352 g/mol. The van der Waals surface area contributed by atoms with Gasteiger partial charge in [-0.25, -0.2) is 0 Å². The maximum atomic E-state index is 12.4. The van der Waals surface area contributed by atoms with Crippen LogP contribution in [0.4, 0.5) is 13.2 Å². The molecule has 0 bridgehead atoms. The van der Waals surface area contributed by atoms with E-state index in [2.05, 4.69) is 0 Å². The first kappa shape index (κ1) is 13.2. The summed E-state index contributed by atoms with van der Waals surface area (Å²) in [6.45, 7) is 0. The molecule has 0 aromatic heterocycles. The van der Waals surface area contributed by atoms with Crippen LogP contribution >= 0.6 is 0 Å². The Morgan fingerprint density at radius 2 is 1.76 bits per heavy atom. The van der Waals surface area contributed by atoms with Gasteiger partial charge in [-0.05, 0) is 0 Å². The van der Waals surface area contributed by atoms with Gasteiger partial charge in [0.1, 0.15) is 0 Å². The molecule has 1 aromatic rings. The first-order valence-electron chi connectivity index (χ1n) is 5.79. The second-order valence-electron chi connectivity index (χ2n) is 4.37. The predicted molar refractivity (Wildman–Crippen MR) is 63.1 cm³/mol. The van der Waals surface area contributed by atoms with Gasteiger partial charge in [-0.1, -0.05) is 0 Å². The van der Waals surface area contributed by atoms with E-state index in [0.29, 0.717) is 34.5 Å². The van der Waals surface area contributed by atoms with Gasteiger partial charge in [0.25, 0.3) is 0 Å². The molecule has 0 radical (unpaired) electrons. The van der Waals surface area contributed by atoms with Crippen LogP contribution in [0.15, 0.2) is 24.3 Å². The van der Waals surface area contributed by atoms with Crippen molar-refractivity contribution in [3.05, 3.63) is 35.4 Å². The van der Waals surface area contributed by atoms with Crippen LogP contribution in [0.2, 0.25) is 0 Å². The summed E-state index contributed by atoms with van der Waals surface area (Å²) in [6.07, 6.45) is -2.00. The Morgan fingerprint density at radius 3 is 2.24 bits per heavy atom. The van der Waals surface area contributed by atoms with Crippen molar-refractivity contribution in [2.24, 2.45) is 0 Å². The first-order valence-corrected chi connectivity index (χ1v) is 9.83. The Bertz CT molecular complexity index is 368.